The summed E-state index contributed by atoms with van der Waals surface area (Å²) in [5.41, 5.74) is 3.10. The van der Waals surface area contributed by atoms with E-state index in [2.05, 4.69) is 29.2 Å². The predicted octanol–water partition coefficient (Wildman–Crippen LogP) is 3.28. The van der Waals surface area contributed by atoms with E-state index in [4.69, 9.17) is 11.6 Å². The molecule has 0 saturated heterocycles. The second-order valence-electron chi connectivity index (χ2n) is 5.50. The maximum absolute atomic E-state index is 6.21. The number of rotatable bonds is 5. The van der Waals surface area contributed by atoms with E-state index < -0.39 is 0 Å². The van der Waals surface area contributed by atoms with Crippen LogP contribution in [0.1, 0.15) is 30.8 Å². The van der Waals surface area contributed by atoms with Crippen molar-refractivity contribution in [1.82, 2.24) is 20.1 Å². The lowest BCUT2D eigenvalue weighted by Crippen LogP contribution is -2.19. The lowest BCUT2D eigenvalue weighted by molar-refractivity contribution is 0.552. The summed E-state index contributed by atoms with van der Waals surface area (Å²) in [5.74, 6) is 1.42. The van der Waals surface area contributed by atoms with Crippen molar-refractivity contribution in [1.29, 1.82) is 0 Å². The molecule has 2 aromatic rings. The second-order valence-corrected chi connectivity index (χ2v) is 5.90. The van der Waals surface area contributed by atoms with E-state index in [1.165, 1.54) is 0 Å². The smallest absolute Gasteiger partial charge is 0.153 e. The van der Waals surface area contributed by atoms with Gasteiger partial charge < -0.3 is 5.32 Å². The molecule has 2 heterocycles. The quantitative estimate of drug-likeness (QED) is 0.919. The Kier molecular flexibility index (Phi) is 4.78. The fourth-order valence-electron chi connectivity index (χ4n) is 2.08. The third kappa shape index (κ3) is 3.58. The maximum Gasteiger partial charge on any atom is 0.153 e. The van der Waals surface area contributed by atoms with Crippen molar-refractivity contribution in [2.75, 3.05) is 6.54 Å². The lowest BCUT2D eigenvalue weighted by atomic mass is 10.2. The summed E-state index contributed by atoms with van der Waals surface area (Å²) >= 11 is 6.21. The van der Waals surface area contributed by atoms with Gasteiger partial charge in [-0.3, -0.25) is 0 Å². The Morgan fingerprint density at radius 3 is 2.65 bits per heavy atom. The zero-order chi connectivity index (χ0) is 14.7. The molecule has 0 radical (unpaired) electrons. The summed E-state index contributed by atoms with van der Waals surface area (Å²) in [6.45, 7) is 10.1. The van der Waals surface area contributed by atoms with Crippen molar-refractivity contribution in [3.8, 4) is 5.82 Å². The van der Waals surface area contributed by atoms with Gasteiger partial charge in [-0.25, -0.2) is 9.67 Å². The Balaban J connectivity index is 2.22. The van der Waals surface area contributed by atoms with E-state index >= 15 is 0 Å². The average molecular weight is 293 g/mol. The van der Waals surface area contributed by atoms with Crippen molar-refractivity contribution in [3.63, 3.8) is 0 Å². The number of hydrogen-bond acceptors (Lipinski definition) is 3. The lowest BCUT2D eigenvalue weighted by Gasteiger charge is -2.10. The first-order chi connectivity index (χ1) is 9.47. The SMILES string of the molecule is Cc1cc(C)n(-c2cc(CNCC(C)C)c(Cl)cn2)n1. The van der Waals surface area contributed by atoms with Crippen LogP contribution in [0, 0.1) is 19.8 Å². The van der Waals surface area contributed by atoms with Crippen molar-refractivity contribution in [3.05, 3.63) is 40.3 Å². The van der Waals surface area contributed by atoms with Crippen molar-refractivity contribution < 1.29 is 0 Å². The third-order valence-corrected chi connectivity index (χ3v) is 3.36. The largest absolute Gasteiger partial charge is 0.312 e. The molecular formula is C15H21ClN4. The van der Waals surface area contributed by atoms with Crippen molar-refractivity contribution in [2.24, 2.45) is 5.92 Å². The molecule has 0 atom stereocenters. The Bertz CT molecular complexity index is 590. The molecule has 0 unspecified atom stereocenters. The van der Waals surface area contributed by atoms with E-state index in [-0.39, 0.29) is 0 Å². The average Bonchev–Trinajstić information content (AvgIpc) is 2.70. The zero-order valence-corrected chi connectivity index (χ0v) is 13.2. The first-order valence-electron chi connectivity index (χ1n) is 6.86. The van der Waals surface area contributed by atoms with E-state index in [1.807, 2.05) is 30.7 Å². The number of pyridine rings is 1. The molecule has 0 aliphatic heterocycles. The highest BCUT2D eigenvalue weighted by Crippen LogP contribution is 2.18. The van der Waals surface area contributed by atoms with Gasteiger partial charge in [0.15, 0.2) is 5.82 Å². The van der Waals surface area contributed by atoms with E-state index in [1.54, 1.807) is 6.20 Å². The van der Waals surface area contributed by atoms with Crippen LogP contribution in [0.5, 0.6) is 0 Å². The highest BCUT2D eigenvalue weighted by molar-refractivity contribution is 6.31. The minimum Gasteiger partial charge on any atom is -0.312 e. The first-order valence-corrected chi connectivity index (χ1v) is 7.24. The third-order valence-electron chi connectivity index (χ3n) is 3.01. The van der Waals surface area contributed by atoms with Crippen LogP contribution in [-0.4, -0.2) is 21.3 Å². The number of aryl methyl sites for hydroxylation is 2. The van der Waals surface area contributed by atoms with Crippen molar-refractivity contribution in [2.45, 2.75) is 34.2 Å². The van der Waals surface area contributed by atoms with Gasteiger partial charge in [-0.15, -0.1) is 0 Å². The predicted molar refractivity (Wildman–Crippen MR) is 82.4 cm³/mol. The molecule has 2 rings (SSSR count). The monoisotopic (exact) mass is 292 g/mol. The summed E-state index contributed by atoms with van der Waals surface area (Å²) in [5, 5.41) is 8.54. The highest BCUT2D eigenvalue weighted by atomic mass is 35.5. The highest BCUT2D eigenvalue weighted by Gasteiger charge is 2.08. The number of hydrogen-bond donors (Lipinski definition) is 1. The summed E-state index contributed by atoms with van der Waals surface area (Å²) in [4.78, 5) is 4.37. The van der Waals surface area contributed by atoms with Crippen molar-refractivity contribution >= 4 is 11.6 Å². The van der Waals surface area contributed by atoms with Crippen LogP contribution in [0.2, 0.25) is 5.02 Å². The molecule has 20 heavy (non-hydrogen) atoms. The Hall–Kier alpha value is -1.39. The minimum absolute atomic E-state index is 0.617. The van der Waals surface area contributed by atoms with Gasteiger partial charge in [0.25, 0.3) is 0 Å². The Morgan fingerprint density at radius 1 is 1.30 bits per heavy atom. The van der Waals surface area contributed by atoms with E-state index in [9.17, 15) is 0 Å². The maximum atomic E-state index is 6.21. The molecule has 2 aromatic heterocycles. The van der Waals surface area contributed by atoms with Gasteiger partial charge in [-0.05, 0) is 44.0 Å². The van der Waals surface area contributed by atoms with Gasteiger partial charge in [-0.2, -0.15) is 5.10 Å². The van der Waals surface area contributed by atoms with Gasteiger partial charge in [0, 0.05) is 18.4 Å². The van der Waals surface area contributed by atoms with Crippen LogP contribution in [0.25, 0.3) is 5.82 Å². The summed E-state index contributed by atoms with van der Waals surface area (Å²) in [6.07, 6.45) is 1.69. The second kappa shape index (κ2) is 6.37. The Morgan fingerprint density at radius 2 is 2.05 bits per heavy atom. The van der Waals surface area contributed by atoms with Crippen LogP contribution < -0.4 is 5.32 Å². The molecule has 0 aliphatic rings. The van der Waals surface area contributed by atoms with Crippen LogP contribution >= 0.6 is 11.6 Å². The first kappa shape index (κ1) is 15.0. The molecule has 0 fully saturated rings. The Labute approximate surface area is 125 Å². The van der Waals surface area contributed by atoms with Crippen LogP contribution in [0.3, 0.4) is 0 Å². The molecule has 0 aliphatic carbocycles. The zero-order valence-electron chi connectivity index (χ0n) is 12.4. The fourth-order valence-corrected chi connectivity index (χ4v) is 2.25. The van der Waals surface area contributed by atoms with Crippen LogP contribution in [-0.2, 0) is 6.54 Å². The molecule has 4 nitrogen and oxygen atoms in total. The topological polar surface area (TPSA) is 42.7 Å². The van der Waals surface area contributed by atoms with Crippen LogP contribution in [0.15, 0.2) is 18.3 Å². The van der Waals surface area contributed by atoms with Gasteiger partial charge in [0.1, 0.15) is 0 Å². The summed E-state index contributed by atoms with van der Waals surface area (Å²) in [7, 11) is 0. The van der Waals surface area contributed by atoms with Gasteiger partial charge in [0.2, 0.25) is 0 Å². The minimum atomic E-state index is 0.617. The van der Waals surface area contributed by atoms with Gasteiger partial charge in [0.05, 0.1) is 10.7 Å². The molecule has 5 heteroatoms. The van der Waals surface area contributed by atoms with Gasteiger partial charge >= 0.3 is 0 Å². The number of nitrogens with zero attached hydrogens (tertiary/aromatic N) is 3. The van der Waals surface area contributed by atoms with Gasteiger partial charge in [-0.1, -0.05) is 25.4 Å². The number of aromatic nitrogens is 3. The van der Waals surface area contributed by atoms with E-state index in [0.29, 0.717) is 10.9 Å². The van der Waals surface area contributed by atoms with E-state index in [0.717, 1.165) is 35.9 Å². The number of halogens is 1. The molecular weight excluding hydrogens is 272 g/mol. The molecule has 1 N–H and O–H groups in total. The summed E-state index contributed by atoms with van der Waals surface area (Å²) in [6, 6.07) is 4.03. The van der Waals surface area contributed by atoms with Crippen LogP contribution in [0.4, 0.5) is 0 Å². The molecule has 0 amide bonds. The fraction of sp³-hybridized carbons (Fsp3) is 0.467. The molecule has 108 valence electrons. The summed E-state index contributed by atoms with van der Waals surface area (Å²) < 4.78 is 1.84. The molecule has 0 spiro atoms. The molecule has 0 aromatic carbocycles. The number of nitrogens with one attached hydrogen (secondary N) is 1. The normalized spacial score (nSPS) is 11.3. The molecule has 0 bridgehead atoms. The standard InChI is InChI=1S/C15H21ClN4/c1-10(2)7-17-8-13-6-15(18-9-14(13)16)20-12(4)5-11(3)19-20/h5-6,9-10,17H,7-8H2,1-4H3. The molecule has 0 saturated carbocycles.